The highest BCUT2D eigenvalue weighted by Crippen LogP contribution is 2.27. The Bertz CT molecular complexity index is 966. The van der Waals surface area contributed by atoms with E-state index in [1.807, 2.05) is 6.92 Å². The van der Waals surface area contributed by atoms with Crippen molar-refractivity contribution < 1.29 is 18.0 Å². The van der Waals surface area contributed by atoms with Crippen LogP contribution in [0.4, 0.5) is 5.69 Å². The minimum Gasteiger partial charge on any atom is -0.321 e. The van der Waals surface area contributed by atoms with Crippen LogP contribution in [0.5, 0.6) is 0 Å². The van der Waals surface area contributed by atoms with Gasteiger partial charge in [0.1, 0.15) is 0 Å². The third-order valence-electron chi connectivity index (χ3n) is 4.58. The average Bonchev–Trinajstić information content (AvgIpc) is 3.13. The van der Waals surface area contributed by atoms with E-state index >= 15 is 0 Å². The van der Waals surface area contributed by atoms with Crippen molar-refractivity contribution in [3.8, 4) is 0 Å². The first kappa shape index (κ1) is 19.7. The van der Waals surface area contributed by atoms with Crippen LogP contribution in [0.1, 0.15) is 46.7 Å². The number of amides is 1. The fourth-order valence-corrected chi connectivity index (χ4v) is 5.85. The number of anilines is 1. The third-order valence-corrected chi connectivity index (χ3v) is 7.50. The molecule has 1 N–H and O–H groups in total. The topological polar surface area (TPSA) is 83.5 Å². The minimum atomic E-state index is -3.58. The normalized spacial score (nSPS) is 18.2. The lowest BCUT2D eigenvalue weighted by Gasteiger charge is -2.29. The fourth-order valence-electron chi connectivity index (χ4n) is 3.10. The SMILES string of the molecule is CC(=O)c1cccc(NC(=O)c2cc(S(=O)(=O)N3CCC[C@@H](C)C3)cs2)c1. The molecule has 0 radical (unpaired) electrons. The van der Waals surface area contributed by atoms with E-state index in [0.717, 1.165) is 24.2 Å². The monoisotopic (exact) mass is 406 g/mol. The summed E-state index contributed by atoms with van der Waals surface area (Å²) in [7, 11) is -3.58. The molecular formula is C19H22N2O4S2. The van der Waals surface area contributed by atoms with Crippen molar-refractivity contribution in [2.24, 2.45) is 5.92 Å². The summed E-state index contributed by atoms with van der Waals surface area (Å²) in [5, 5.41) is 4.23. The quantitative estimate of drug-likeness (QED) is 0.769. The van der Waals surface area contributed by atoms with Crippen LogP contribution in [0.25, 0.3) is 0 Å². The molecule has 1 amide bonds. The Morgan fingerprint density at radius 1 is 1.26 bits per heavy atom. The van der Waals surface area contributed by atoms with Gasteiger partial charge in [0.05, 0.1) is 9.77 Å². The Labute approximate surface area is 163 Å². The highest BCUT2D eigenvalue weighted by atomic mass is 32.2. The molecule has 0 saturated carbocycles. The molecule has 2 heterocycles. The van der Waals surface area contributed by atoms with E-state index in [9.17, 15) is 18.0 Å². The maximum absolute atomic E-state index is 12.8. The number of carbonyl (C=O) groups excluding carboxylic acids is 2. The predicted molar refractivity (Wildman–Crippen MR) is 106 cm³/mol. The van der Waals surface area contributed by atoms with Crippen LogP contribution in [0.3, 0.4) is 0 Å². The lowest BCUT2D eigenvalue weighted by Crippen LogP contribution is -2.38. The number of carbonyl (C=O) groups is 2. The lowest BCUT2D eigenvalue weighted by atomic mass is 10.0. The number of hydrogen-bond donors (Lipinski definition) is 1. The third kappa shape index (κ3) is 4.45. The minimum absolute atomic E-state index is 0.0913. The zero-order chi connectivity index (χ0) is 19.6. The van der Waals surface area contributed by atoms with Crippen LogP contribution in [0.15, 0.2) is 40.6 Å². The maximum atomic E-state index is 12.8. The number of thiophene rings is 1. The first-order valence-electron chi connectivity index (χ1n) is 8.78. The number of benzene rings is 1. The molecule has 1 aromatic carbocycles. The van der Waals surface area contributed by atoms with Crippen LogP contribution in [0.2, 0.25) is 0 Å². The van der Waals surface area contributed by atoms with Gasteiger partial charge in [-0.3, -0.25) is 9.59 Å². The summed E-state index contributed by atoms with van der Waals surface area (Å²) in [6.07, 6.45) is 1.88. The molecule has 1 fully saturated rings. The Hall–Kier alpha value is -2.03. The number of nitrogens with one attached hydrogen (secondary N) is 1. The van der Waals surface area contributed by atoms with Crippen LogP contribution in [-0.2, 0) is 10.0 Å². The first-order valence-corrected chi connectivity index (χ1v) is 11.1. The van der Waals surface area contributed by atoms with Gasteiger partial charge in [0.15, 0.2) is 5.78 Å². The van der Waals surface area contributed by atoms with Crippen LogP contribution >= 0.6 is 11.3 Å². The predicted octanol–water partition coefficient (Wildman–Crippen LogP) is 3.62. The van der Waals surface area contributed by atoms with E-state index in [0.29, 0.717) is 35.1 Å². The maximum Gasteiger partial charge on any atom is 0.265 e. The van der Waals surface area contributed by atoms with E-state index in [4.69, 9.17) is 0 Å². The Kier molecular flexibility index (Phi) is 5.78. The summed E-state index contributed by atoms with van der Waals surface area (Å²) in [6.45, 7) is 4.53. The second-order valence-electron chi connectivity index (χ2n) is 6.85. The van der Waals surface area contributed by atoms with Crippen molar-refractivity contribution in [2.75, 3.05) is 18.4 Å². The van der Waals surface area contributed by atoms with Gasteiger partial charge in [-0.1, -0.05) is 19.1 Å². The summed E-state index contributed by atoms with van der Waals surface area (Å²) in [6, 6.07) is 8.07. The second-order valence-corrected chi connectivity index (χ2v) is 9.70. The molecule has 1 aliphatic rings. The first-order chi connectivity index (χ1) is 12.8. The number of hydrogen-bond acceptors (Lipinski definition) is 5. The van der Waals surface area contributed by atoms with Gasteiger partial charge in [-0.15, -0.1) is 11.3 Å². The van der Waals surface area contributed by atoms with Gasteiger partial charge in [0.25, 0.3) is 5.91 Å². The zero-order valence-electron chi connectivity index (χ0n) is 15.3. The van der Waals surface area contributed by atoms with E-state index in [1.54, 1.807) is 24.3 Å². The van der Waals surface area contributed by atoms with E-state index in [2.05, 4.69) is 5.32 Å². The van der Waals surface area contributed by atoms with Crippen molar-refractivity contribution in [1.29, 1.82) is 0 Å². The summed E-state index contributed by atoms with van der Waals surface area (Å²) < 4.78 is 27.1. The standard InChI is InChI=1S/C19H22N2O4S2/c1-13-5-4-8-21(11-13)27(24,25)17-10-18(26-12-17)19(23)20-16-7-3-6-15(9-16)14(2)22/h3,6-7,9-10,12-13H,4-5,8,11H2,1-2H3,(H,20,23)/t13-/m1/s1. The van der Waals surface area contributed by atoms with Crippen molar-refractivity contribution in [3.63, 3.8) is 0 Å². The van der Waals surface area contributed by atoms with E-state index < -0.39 is 15.9 Å². The average molecular weight is 407 g/mol. The Morgan fingerprint density at radius 3 is 2.74 bits per heavy atom. The van der Waals surface area contributed by atoms with Gasteiger partial charge < -0.3 is 5.32 Å². The zero-order valence-corrected chi connectivity index (χ0v) is 16.9. The lowest BCUT2D eigenvalue weighted by molar-refractivity contribution is 0.101. The summed E-state index contributed by atoms with van der Waals surface area (Å²) in [5.74, 6) is -0.149. The number of Topliss-reactive ketones (excluding diaryl/α,β-unsaturated/α-hetero) is 1. The Balaban J connectivity index is 1.76. The molecule has 8 heteroatoms. The number of piperidine rings is 1. The molecule has 1 aliphatic heterocycles. The molecule has 1 saturated heterocycles. The molecule has 144 valence electrons. The fraction of sp³-hybridized carbons (Fsp3) is 0.368. The van der Waals surface area contributed by atoms with Crippen LogP contribution < -0.4 is 5.32 Å². The van der Waals surface area contributed by atoms with Crippen molar-refractivity contribution in [3.05, 3.63) is 46.2 Å². The summed E-state index contributed by atoms with van der Waals surface area (Å²) in [5.41, 5.74) is 0.997. The molecule has 27 heavy (non-hydrogen) atoms. The molecule has 0 aliphatic carbocycles. The van der Waals surface area contributed by atoms with Crippen LogP contribution in [-0.4, -0.2) is 37.5 Å². The van der Waals surface area contributed by atoms with Gasteiger partial charge >= 0.3 is 0 Å². The molecule has 1 atom stereocenters. The number of sulfonamides is 1. The smallest absolute Gasteiger partial charge is 0.265 e. The molecule has 6 nitrogen and oxygen atoms in total. The van der Waals surface area contributed by atoms with E-state index in [1.165, 1.54) is 22.7 Å². The molecule has 0 bridgehead atoms. The van der Waals surface area contributed by atoms with Crippen molar-refractivity contribution in [1.82, 2.24) is 4.31 Å². The van der Waals surface area contributed by atoms with Crippen molar-refractivity contribution in [2.45, 2.75) is 31.6 Å². The molecule has 2 aromatic rings. The molecule has 0 spiro atoms. The Morgan fingerprint density at radius 2 is 2.04 bits per heavy atom. The second kappa shape index (κ2) is 7.92. The van der Waals surface area contributed by atoms with Crippen molar-refractivity contribution >= 4 is 38.7 Å². The largest absolute Gasteiger partial charge is 0.321 e. The van der Waals surface area contributed by atoms with Gasteiger partial charge in [-0.25, -0.2) is 8.42 Å². The summed E-state index contributed by atoms with van der Waals surface area (Å²) >= 11 is 1.09. The number of ketones is 1. The molecular weight excluding hydrogens is 384 g/mol. The molecule has 0 unspecified atom stereocenters. The molecule has 1 aromatic heterocycles. The van der Waals surface area contributed by atoms with Gasteiger partial charge in [-0.05, 0) is 43.9 Å². The van der Waals surface area contributed by atoms with Crippen LogP contribution in [0, 0.1) is 5.92 Å². The van der Waals surface area contributed by atoms with Gasteiger partial charge in [0.2, 0.25) is 10.0 Å². The molecule has 3 rings (SSSR count). The van der Waals surface area contributed by atoms with Gasteiger partial charge in [-0.2, -0.15) is 4.31 Å². The highest BCUT2D eigenvalue weighted by molar-refractivity contribution is 7.89. The van der Waals surface area contributed by atoms with E-state index in [-0.39, 0.29) is 10.7 Å². The highest BCUT2D eigenvalue weighted by Gasteiger charge is 2.30. The number of nitrogens with zero attached hydrogens (tertiary/aromatic N) is 1. The number of rotatable bonds is 5. The summed E-state index contributed by atoms with van der Waals surface area (Å²) in [4.78, 5) is 24.4. The van der Waals surface area contributed by atoms with Gasteiger partial charge in [0, 0.05) is 29.7 Å².